The molecule has 1 aromatic carbocycles. The van der Waals surface area contributed by atoms with E-state index >= 15 is 0 Å². The first-order chi connectivity index (χ1) is 11.3. The van der Waals surface area contributed by atoms with Crippen molar-refractivity contribution >= 4 is 22.8 Å². The van der Waals surface area contributed by atoms with Crippen LogP contribution < -0.4 is 9.80 Å². The van der Waals surface area contributed by atoms with Crippen LogP contribution in [0, 0.1) is 0 Å². The van der Waals surface area contributed by atoms with Crippen LogP contribution in [0.1, 0.15) is 12.8 Å². The molecule has 0 aliphatic carbocycles. The molecule has 0 radical (unpaired) electrons. The largest absolute Gasteiger partial charge is 0.356 e. The number of nitrogens with zero attached hydrogens (tertiary/aromatic N) is 5. The van der Waals surface area contributed by atoms with Crippen molar-refractivity contribution in [2.45, 2.75) is 18.9 Å². The van der Waals surface area contributed by atoms with Crippen LogP contribution in [-0.2, 0) is 0 Å². The highest BCUT2D eigenvalue weighted by atomic mass is 15.3. The lowest BCUT2D eigenvalue weighted by Crippen LogP contribution is -2.44. The SMILES string of the molecule is CN(c1ccncn1)C1CCN(c2nc3ccccc3[nH]2)CC1. The third-order valence-corrected chi connectivity index (χ3v) is 4.62. The average Bonchev–Trinajstić information content (AvgIpc) is 3.06. The van der Waals surface area contributed by atoms with Crippen molar-refractivity contribution in [3.05, 3.63) is 42.9 Å². The Hall–Kier alpha value is -2.63. The number of aromatic amines is 1. The van der Waals surface area contributed by atoms with Crippen LogP contribution in [0.3, 0.4) is 0 Å². The highest BCUT2D eigenvalue weighted by Crippen LogP contribution is 2.24. The molecule has 1 N–H and O–H groups in total. The van der Waals surface area contributed by atoms with Crippen molar-refractivity contribution < 1.29 is 0 Å². The van der Waals surface area contributed by atoms with Gasteiger partial charge >= 0.3 is 0 Å². The van der Waals surface area contributed by atoms with Gasteiger partial charge in [-0.25, -0.2) is 15.0 Å². The van der Waals surface area contributed by atoms with Crippen molar-refractivity contribution in [3.63, 3.8) is 0 Å². The Labute approximate surface area is 135 Å². The quantitative estimate of drug-likeness (QED) is 0.805. The van der Waals surface area contributed by atoms with Crippen LogP contribution in [0.5, 0.6) is 0 Å². The molecule has 3 aromatic rings. The molecule has 0 bridgehead atoms. The molecule has 1 fully saturated rings. The minimum absolute atomic E-state index is 0.505. The number of hydrogen-bond donors (Lipinski definition) is 1. The summed E-state index contributed by atoms with van der Waals surface area (Å²) >= 11 is 0. The standard InChI is InChI=1S/C17H20N6/c1-22(16-6-9-18-12-19-16)13-7-10-23(11-8-13)17-20-14-4-2-3-5-15(14)21-17/h2-6,9,12-13H,7-8,10-11H2,1H3,(H,20,21). The van der Waals surface area contributed by atoms with Gasteiger partial charge in [-0.3, -0.25) is 0 Å². The summed E-state index contributed by atoms with van der Waals surface area (Å²) in [4.78, 5) is 21.1. The zero-order valence-corrected chi connectivity index (χ0v) is 13.2. The third kappa shape index (κ3) is 2.72. The van der Waals surface area contributed by atoms with Crippen molar-refractivity contribution in [1.29, 1.82) is 0 Å². The van der Waals surface area contributed by atoms with Gasteiger partial charge in [0.1, 0.15) is 12.1 Å². The van der Waals surface area contributed by atoms with Gasteiger partial charge in [-0.2, -0.15) is 0 Å². The van der Waals surface area contributed by atoms with Gasteiger partial charge in [-0.15, -0.1) is 0 Å². The van der Waals surface area contributed by atoms with E-state index in [1.807, 2.05) is 24.3 Å². The van der Waals surface area contributed by atoms with Crippen LogP contribution in [0.2, 0.25) is 0 Å². The smallest absolute Gasteiger partial charge is 0.203 e. The van der Waals surface area contributed by atoms with Gasteiger partial charge < -0.3 is 14.8 Å². The summed E-state index contributed by atoms with van der Waals surface area (Å²) < 4.78 is 0. The lowest BCUT2D eigenvalue weighted by molar-refractivity contribution is 0.476. The fourth-order valence-electron chi connectivity index (χ4n) is 3.23. The molecule has 0 spiro atoms. The van der Waals surface area contributed by atoms with Crippen molar-refractivity contribution in [3.8, 4) is 0 Å². The second kappa shape index (κ2) is 5.87. The van der Waals surface area contributed by atoms with Gasteiger partial charge in [-0.1, -0.05) is 12.1 Å². The average molecular weight is 308 g/mol. The van der Waals surface area contributed by atoms with Gasteiger partial charge in [-0.05, 0) is 31.0 Å². The van der Waals surface area contributed by atoms with Gasteiger partial charge in [0.15, 0.2) is 0 Å². The Morgan fingerprint density at radius 3 is 2.74 bits per heavy atom. The number of rotatable bonds is 3. The minimum Gasteiger partial charge on any atom is -0.356 e. The van der Waals surface area contributed by atoms with Crippen molar-refractivity contribution in [2.24, 2.45) is 0 Å². The number of anilines is 2. The first-order valence-electron chi connectivity index (χ1n) is 8.00. The van der Waals surface area contributed by atoms with Gasteiger partial charge in [0, 0.05) is 32.4 Å². The monoisotopic (exact) mass is 308 g/mol. The maximum absolute atomic E-state index is 4.70. The van der Waals surface area contributed by atoms with Crippen LogP contribution in [0.4, 0.5) is 11.8 Å². The van der Waals surface area contributed by atoms with E-state index in [9.17, 15) is 0 Å². The van der Waals surface area contributed by atoms with Crippen LogP contribution in [0.25, 0.3) is 11.0 Å². The minimum atomic E-state index is 0.505. The number of hydrogen-bond acceptors (Lipinski definition) is 5. The van der Waals surface area contributed by atoms with Gasteiger partial charge in [0.25, 0.3) is 0 Å². The second-order valence-electron chi connectivity index (χ2n) is 5.97. The van der Waals surface area contributed by atoms with E-state index in [4.69, 9.17) is 4.98 Å². The lowest BCUT2D eigenvalue weighted by atomic mass is 10.0. The Balaban J connectivity index is 1.44. The predicted molar refractivity (Wildman–Crippen MR) is 91.8 cm³/mol. The Bertz CT molecular complexity index is 743. The first-order valence-corrected chi connectivity index (χ1v) is 8.00. The number of para-hydroxylation sites is 2. The van der Waals surface area contributed by atoms with Gasteiger partial charge in [0.05, 0.1) is 11.0 Å². The molecule has 1 saturated heterocycles. The lowest BCUT2D eigenvalue weighted by Gasteiger charge is -2.37. The molecule has 0 unspecified atom stereocenters. The third-order valence-electron chi connectivity index (χ3n) is 4.62. The number of fused-ring (bicyclic) bond motifs is 1. The van der Waals surface area contributed by atoms with Crippen LogP contribution >= 0.6 is 0 Å². The molecular weight excluding hydrogens is 288 g/mol. The summed E-state index contributed by atoms with van der Waals surface area (Å²) in [6.07, 6.45) is 5.59. The summed E-state index contributed by atoms with van der Waals surface area (Å²) in [5.41, 5.74) is 2.13. The fourth-order valence-corrected chi connectivity index (χ4v) is 3.23. The second-order valence-corrected chi connectivity index (χ2v) is 5.97. The molecule has 4 rings (SSSR count). The molecular formula is C17H20N6. The topological polar surface area (TPSA) is 60.9 Å². The summed E-state index contributed by atoms with van der Waals surface area (Å²) in [5.74, 6) is 1.97. The van der Waals surface area contributed by atoms with Crippen LogP contribution in [-0.4, -0.2) is 46.1 Å². The number of piperidine rings is 1. The molecule has 118 valence electrons. The van der Waals surface area contributed by atoms with Crippen molar-refractivity contribution in [2.75, 3.05) is 29.9 Å². The van der Waals surface area contributed by atoms with E-state index in [1.54, 1.807) is 12.5 Å². The molecule has 0 amide bonds. The van der Waals surface area contributed by atoms with E-state index in [2.05, 4.69) is 37.9 Å². The van der Waals surface area contributed by atoms with E-state index in [0.717, 1.165) is 48.7 Å². The summed E-state index contributed by atoms with van der Waals surface area (Å²) in [7, 11) is 2.11. The van der Waals surface area contributed by atoms with Crippen LogP contribution in [0.15, 0.2) is 42.9 Å². The summed E-state index contributed by atoms with van der Waals surface area (Å²) in [6.45, 7) is 2.00. The van der Waals surface area contributed by atoms with Gasteiger partial charge in [0.2, 0.25) is 5.95 Å². The first kappa shape index (κ1) is 14.0. The summed E-state index contributed by atoms with van der Waals surface area (Å²) in [6, 6.07) is 10.6. The molecule has 3 heterocycles. The van der Waals surface area contributed by atoms with E-state index in [0.29, 0.717) is 6.04 Å². The molecule has 0 atom stereocenters. The fraction of sp³-hybridized carbons (Fsp3) is 0.353. The molecule has 23 heavy (non-hydrogen) atoms. The highest BCUT2D eigenvalue weighted by Gasteiger charge is 2.24. The maximum atomic E-state index is 4.70. The number of imidazole rings is 1. The zero-order chi connectivity index (χ0) is 15.6. The molecule has 2 aromatic heterocycles. The Morgan fingerprint density at radius 1 is 1.17 bits per heavy atom. The van der Waals surface area contributed by atoms with Crippen molar-refractivity contribution in [1.82, 2.24) is 19.9 Å². The normalized spacial score (nSPS) is 16.0. The maximum Gasteiger partial charge on any atom is 0.203 e. The molecule has 6 nitrogen and oxygen atoms in total. The molecule has 6 heteroatoms. The Morgan fingerprint density at radius 2 is 2.00 bits per heavy atom. The highest BCUT2D eigenvalue weighted by molar-refractivity contribution is 5.77. The number of aromatic nitrogens is 4. The molecule has 0 saturated carbocycles. The Kier molecular flexibility index (Phi) is 3.57. The number of nitrogens with one attached hydrogen (secondary N) is 1. The van der Waals surface area contributed by atoms with E-state index in [1.165, 1.54) is 0 Å². The zero-order valence-electron chi connectivity index (χ0n) is 13.2. The molecule has 1 aliphatic heterocycles. The molecule has 1 aliphatic rings. The number of benzene rings is 1. The van der Waals surface area contributed by atoms with E-state index in [-0.39, 0.29) is 0 Å². The van der Waals surface area contributed by atoms with E-state index < -0.39 is 0 Å². The summed E-state index contributed by atoms with van der Waals surface area (Å²) in [5, 5.41) is 0. The predicted octanol–water partition coefficient (Wildman–Crippen LogP) is 2.46. The number of H-pyrrole nitrogens is 1.